The Morgan fingerprint density at radius 3 is 2.14 bits per heavy atom. The molecule has 0 aromatic heterocycles. The standard InChI is InChI=1S/C25H38O2Si2/c1-25(2,3)29(8,9)27-16-14-20(15-17-28(5,6)7)21-10-11-23-19-24(26-4)13-12-22(23)18-21/h10-13,18-20H,14,16H2,1-9H3/t20-/m0/s1. The highest BCUT2D eigenvalue weighted by molar-refractivity contribution is 6.83. The quantitative estimate of drug-likeness (QED) is 0.358. The third kappa shape index (κ3) is 6.74. The van der Waals surface area contributed by atoms with Crippen molar-refractivity contribution < 1.29 is 9.16 Å². The molecule has 0 spiro atoms. The van der Waals surface area contributed by atoms with Crippen LogP contribution in [0.1, 0.15) is 38.7 Å². The van der Waals surface area contributed by atoms with Crippen molar-refractivity contribution in [2.24, 2.45) is 0 Å². The first-order chi connectivity index (χ1) is 13.3. The molecule has 0 fully saturated rings. The van der Waals surface area contributed by atoms with E-state index in [4.69, 9.17) is 9.16 Å². The Hall–Kier alpha value is -1.55. The highest BCUT2D eigenvalue weighted by Crippen LogP contribution is 2.37. The van der Waals surface area contributed by atoms with E-state index in [0.29, 0.717) is 0 Å². The summed E-state index contributed by atoms with van der Waals surface area (Å²) in [7, 11) is -1.47. The molecule has 0 unspecified atom stereocenters. The molecule has 0 heterocycles. The first-order valence-corrected chi connectivity index (χ1v) is 17.0. The van der Waals surface area contributed by atoms with Gasteiger partial charge < -0.3 is 9.16 Å². The van der Waals surface area contributed by atoms with Crippen molar-refractivity contribution in [3.05, 3.63) is 42.0 Å². The number of hydrogen-bond donors (Lipinski definition) is 0. The van der Waals surface area contributed by atoms with Gasteiger partial charge in [-0.3, -0.25) is 0 Å². The zero-order valence-electron chi connectivity index (χ0n) is 19.8. The van der Waals surface area contributed by atoms with E-state index in [1.54, 1.807) is 7.11 Å². The SMILES string of the molecule is COc1ccc2cc([C@H](C#C[Si](C)(C)C)CCO[Si](C)(C)C(C)(C)C)ccc2c1. The van der Waals surface area contributed by atoms with E-state index < -0.39 is 16.4 Å². The number of benzene rings is 2. The predicted molar refractivity (Wildman–Crippen MR) is 132 cm³/mol. The molecule has 0 aliphatic carbocycles. The molecule has 0 saturated heterocycles. The Kier molecular flexibility index (Phi) is 7.43. The number of rotatable bonds is 6. The van der Waals surface area contributed by atoms with E-state index in [1.165, 1.54) is 16.3 Å². The van der Waals surface area contributed by atoms with E-state index >= 15 is 0 Å². The van der Waals surface area contributed by atoms with Crippen LogP contribution in [0, 0.1) is 11.5 Å². The summed E-state index contributed by atoms with van der Waals surface area (Å²) in [6, 6.07) is 12.9. The van der Waals surface area contributed by atoms with Gasteiger partial charge in [0.25, 0.3) is 0 Å². The molecule has 0 aliphatic rings. The minimum atomic E-state index is -1.74. The average molecular weight is 427 g/mol. The van der Waals surface area contributed by atoms with Gasteiger partial charge in [-0.15, -0.1) is 11.5 Å². The van der Waals surface area contributed by atoms with Gasteiger partial charge in [0.05, 0.1) is 7.11 Å². The summed E-state index contributed by atoms with van der Waals surface area (Å²) in [5.74, 6) is 4.71. The molecule has 158 valence electrons. The first kappa shape index (κ1) is 23.7. The summed E-state index contributed by atoms with van der Waals surface area (Å²) in [6.07, 6.45) is 0.936. The van der Waals surface area contributed by atoms with Crippen molar-refractivity contribution in [2.75, 3.05) is 13.7 Å². The van der Waals surface area contributed by atoms with E-state index in [9.17, 15) is 0 Å². The first-order valence-electron chi connectivity index (χ1n) is 10.6. The van der Waals surface area contributed by atoms with Crippen LogP contribution in [0.15, 0.2) is 36.4 Å². The van der Waals surface area contributed by atoms with Crippen molar-refractivity contribution in [3.8, 4) is 17.2 Å². The van der Waals surface area contributed by atoms with Crippen molar-refractivity contribution in [2.45, 2.75) is 70.9 Å². The number of ether oxygens (including phenoxy) is 1. The normalized spacial score (nSPS) is 13.7. The van der Waals surface area contributed by atoms with Crippen molar-refractivity contribution in [1.82, 2.24) is 0 Å². The van der Waals surface area contributed by atoms with E-state index in [0.717, 1.165) is 18.8 Å². The summed E-state index contributed by atoms with van der Waals surface area (Å²) >= 11 is 0. The molecule has 2 aromatic carbocycles. The molecular weight excluding hydrogens is 388 g/mol. The molecule has 0 aliphatic heterocycles. The minimum absolute atomic E-state index is 0.206. The summed E-state index contributed by atoms with van der Waals surface area (Å²) in [5.41, 5.74) is 4.87. The smallest absolute Gasteiger partial charge is 0.191 e. The Labute approximate surface area is 180 Å². The second kappa shape index (κ2) is 9.08. The van der Waals surface area contributed by atoms with Gasteiger partial charge in [0.15, 0.2) is 8.32 Å². The van der Waals surface area contributed by atoms with Crippen LogP contribution in [-0.4, -0.2) is 30.1 Å². The minimum Gasteiger partial charge on any atom is -0.497 e. The van der Waals surface area contributed by atoms with Crippen LogP contribution in [-0.2, 0) is 4.43 Å². The fraction of sp³-hybridized carbons (Fsp3) is 0.520. The maximum Gasteiger partial charge on any atom is 0.191 e. The molecular formula is C25H38O2Si2. The van der Waals surface area contributed by atoms with Crippen LogP contribution in [0.2, 0.25) is 37.8 Å². The molecule has 0 N–H and O–H groups in total. The van der Waals surface area contributed by atoms with Gasteiger partial charge in [0, 0.05) is 12.5 Å². The molecule has 0 radical (unpaired) electrons. The van der Waals surface area contributed by atoms with E-state index in [2.05, 4.69) is 95.3 Å². The topological polar surface area (TPSA) is 18.5 Å². The summed E-state index contributed by atoms with van der Waals surface area (Å²) in [6.45, 7) is 19.2. The Morgan fingerprint density at radius 2 is 1.55 bits per heavy atom. The highest BCUT2D eigenvalue weighted by Gasteiger charge is 2.37. The van der Waals surface area contributed by atoms with Crippen molar-refractivity contribution in [1.29, 1.82) is 0 Å². The van der Waals surface area contributed by atoms with Crippen LogP contribution < -0.4 is 4.74 Å². The van der Waals surface area contributed by atoms with Crippen LogP contribution >= 0.6 is 0 Å². The second-order valence-corrected chi connectivity index (χ2v) is 20.0. The lowest BCUT2D eigenvalue weighted by molar-refractivity contribution is 0.278. The van der Waals surface area contributed by atoms with Gasteiger partial charge in [-0.1, -0.05) is 58.6 Å². The maximum absolute atomic E-state index is 6.46. The summed E-state index contributed by atoms with van der Waals surface area (Å²) in [4.78, 5) is 0. The average Bonchev–Trinajstić information content (AvgIpc) is 2.61. The fourth-order valence-electron chi connectivity index (χ4n) is 2.86. The number of hydrogen-bond acceptors (Lipinski definition) is 2. The van der Waals surface area contributed by atoms with Gasteiger partial charge in [-0.2, -0.15) is 0 Å². The van der Waals surface area contributed by atoms with Gasteiger partial charge in [-0.25, -0.2) is 0 Å². The Bertz CT molecular complexity index is 893. The lowest BCUT2D eigenvalue weighted by atomic mass is 9.94. The number of methoxy groups -OCH3 is 1. The van der Waals surface area contributed by atoms with Gasteiger partial charge in [-0.05, 0) is 59.1 Å². The molecule has 0 amide bonds. The molecule has 29 heavy (non-hydrogen) atoms. The molecule has 4 heteroatoms. The monoisotopic (exact) mass is 426 g/mol. The third-order valence-corrected chi connectivity index (χ3v) is 11.2. The molecule has 2 nitrogen and oxygen atoms in total. The van der Waals surface area contributed by atoms with Crippen LogP contribution in [0.25, 0.3) is 10.8 Å². The third-order valence-electron chi connectivity index (χ3n) is 5.77. The zero-order valence-corrected chi connectivity index (χ0v) is 21.8. The van der Waals surface area contributed by atoms with Crippen LogP contribution in [0.4, 0.5) is 0 Å². The highest BCUT2D eigenvalue weighted by atomic mass is 28.4. The summed E-state index contributed by atoms with van der Waals surface area (Å²) < 4.78 is 11.8. The lowest BCUT2D eigenvalue weighted by Crippen LogP contribution is -2.41. The maximum atomic E-state index is 6.46. The molecule has 0 bridgehead atoms. The molecule has 1 atom stereocenters. The van der Waals surface area contributed by atoms with Crippen LogP contribution in [0.3, 0.4) is 0 Å². The van der Waals surface area contributed by atoms with Crippen molar-refractivity contribution in [3.63, 3.8) is 0 Å². The zero-order chi connectivity index (χ0) is 21.9. The van der Waals surface area contributed by atoms with Crippen LogP contribution in [0.5, 0.6) is 5.75 Å². The molecule has 0 saturated carbocycles. The van der Waals surface area contributed by atoms with Gasteiger partial charge >= 0.3 is 0 Å². The number of fused-ring (bicyclic) bond motifs is 1. The molecule has 2 aromatic rings. The molecule has 2 rings (SSSR count). The van der Waals surface area contributed by atoms with Gasteiger partial charge in [0.2, 0.25) is 0 Å². The lowest BCUT2D eigenvalue weighted by Gasteiger charge is -2.36. The van der Waals surface area contributed by atoms with E-state index in [1.807, 2.05) is 6.07 Å². The van der Waals surface area contributed by atoms with Gasteiger partial charge in [0.1, 0.15) is 13.8 Å². The van der Waals surface area contributed by atoms with Crippen molar-refractivity contribution >= 4 is 27.2 Å². The largest absolute Gasteiger partial charge is 0.497 e. The second-order valence-electron chi connectivity index (χ2n) is 10.4. The Balaban J connectivity index is 2.28. The fourth-order valence-corrected chi connectivity index (χ4v) is 4.53. The summed E-state index contributed by atoms with van der Waals surface area (Å²) in [5, 5.41) is 2.66. The predicted octanol–water partition coefficient (Wildman–Crippen LogP) is 7.22. The Morgan fingerprint density at radius 1 is 0.931 bits per heavy atom. The van der Waals surface area contributed by atoms with E-state index in [-0.39, 0.29) is 11.0 Å².